The molecular formula is C40H58ClN3O9S2. The van der Waals surface area contributed by atoms with Crippen molar-refractivity contribution in [2.75, 3.05) is 39.0 Å². The second-order valence-electron chi connectivity index (χ2n) is 15.4. The summed E-state index contributed by atoms with van der Waals surface area (Å²) in [5.41, 5.74) is 1.19. The van der Waals surface area contributed by atoms with Gasteiger partial charge in [0, 0.05) is 50.5 Å². The Kier molecular flexibility index (Phi) is 15.5. The Morgan fingerprint density at radius 3 is 2.60 bits per heavy atom. The van der Waals surface area contributed by atoms with Crippen LogP contribution in [0.1, 0.15) is 79.7 Å². The summed E-state index contributed by atoms with van der Waals surface area (Å²) in [6, 6.07) is 2.36. The number of amides is 3. The fourth-order valence-corrected chi connectivity index (χ4v) is 9.51. The molecule has 1 aromatic rings. The molecule has 1 N–H and O–H groups in total. The van der Waals surface area contributed by atoms with Gasteiger partial charge in [-0.15, -0.1) is 0 Å². The lowest BCUT2D eigenvalue weighted by Gasteiger charge is -2.36. The van der Waals surface area contributed by atoms with Crippen molar-refractivity contribution in [1.82, 2.24) is 10.2 Å². The maximum absolute atomic E-state index is 14.2. The Hall–Kier alpha value is -2.91. The molecule has 306 valence electrons. The third-order valence-corrected chi connectivity index (χ3v) is 14.6. The van der Waals surface area contributed by atoms with Gasteiger partial charge in [0.1, 0.15) is 34.6 Å². The van der Waals surface area contributed by atoms with Crippen LogP contribution in [-0.2, 0) is 39.8 Å². The number of epoxide rings is 1. The van der Waals surface area contributed by atoms with Gasteiger partial charge in [0.25, 0.3) is 0 Å². The molecule has 0 saturated carbocycles. The number of benzene rings is 1. The van der Waals surface area contributed by atoms with Crippen LogP contribution in [0.5, 0.6) is 5.75 Å². The van der Waals surface area contributed by atoms with Crippen LogP contribution in [-0.4, -0.2) is 110 Å². The van der Waals surface area contributed by atoms with Crippen LogP contribution >= 0.6 is 33.2 Å². The van der Waals surface area contributed by atoms with Gasteiger partial charge in [0.2, 0.25) is 11.8 Å². The van der Waals surface area contributed by atoms with Crippen molar-refractivity contribution in [2.24, 2.45) is 5.92 Å². The number of likely N-dealkylation sites (N-methyl/N-ethyl adjacent to an activating group) is 1. The number of allylic oxidation sites excluding steroid dienone is 3. The van der Waals surface area contributed by atoms with Gasteiger partial charge >= 0.3 is 12.1 Å². The molecule has 1 aromatic carbocycles. The molecule has 4 rings (SSSR count). The highest BCUT2D eigenvalue weighted by Gasteiger charge is 2.64. The minimum atomic E-state index is -1.12. The number of anilines is 1. The monoisotopic (exact) mass is 823 g/mol. The normalized spacial score (nSPS) is 29.5. The molecule has 4 bridgehead atoms. The first-order chi connectivity index (χ1) is 25.8. The maximum Gasteiger partial charge on any atom is 0.407 e. The fraction of sp³-hybridized carbons (Fsp3) is 0.650. The molecule has 0 spiro atoms. The molecule has 15 heteroatoms. The molecule has 12 nitrogen and oxygen atoms in total. The predicted octanol–water partition coefficient (Wildman–Crippen LogP) is 7.15. The Bertz CT molecular complexity index is 1640. The zero-order valence-electron chi connectivity index (χ0n) is 33.9. The number of carbonyl (C=O) groups excluding carboxylic acids is 4. The number of hydrogen-bond donors (Lipinski definition) is 1. The van der Waals surface area contributed by atoms with Crippen molar-refractivity contribution >= 4 is 62.8 Å². The fourth-order valence-electron chi connectivity index (χ4n) is 7.01. The maximum atomic E-state index is 14.2. The molecule has 3 aliphatic heterocycles. The number of methoxy groups -OCH3 is 2. The highest BCUT2D eigenvalue weighted by Crippen LogP contribution is 2.49. The zero-order valence-corrected chi connectivity index (χ0v) is 36.3. The van der Waals surface area contributed by atoms with Gasteiger partial charge in [0.05, 0.1) is 37.5 Å². The van der Waals surface area contributed by atoms with Crippen LogP contribution in [0.2, 0.25) is 5.02 Å². The number of hydrogen-bond acceptors (Lipinski definition) is 11. The van der Waals surface area contributed by atoms with E-state index in [4.69, 9.17) is 35.3 Å². The third-order valence-electron chi connectivity index (χ3n) is 10.8. The van der Waals surface area contributed by atoms with Gasteiger partial charge < -0.3 is 38.8 Å². The summed E-state index contributed by atoms with van der Waals surface area (Å²) < 4.78 is 29.6. The van der Waals surface area contributed by atoms with E-state index in [-0.39, 0.29) is 46.4 Å². The first kappa shape index (κ1) is 44.8. The van der Waals surface area contributed by atoms with Crippen molar-refractivity contribution in [3.63, 3.8) is 0 Å². The number of nitrogens with zero attached hydrogens (tertiary/aromatic N) is 2. The molecule has 55 heavy (non-hydrogen) atoms. The van der Waals surface area contributed by atoms with Gasteiger partial charge in [-0.2, -0.15) is 0 Å². The Morgan fingerprint density at radius 2 is 1.95 bits per heavy atom. The van der Waals surface area contributed by atoms with Gasteiger partial charge in [0.15, 0.2) is 0 Å². The summed E-state index contributed by atoms with van der Waals surface area (Å²) in [4.78, 5) is 57.1. The summed E-state index contributed by atoms with van der Waals surface area (Å²) in [5, 5.41) is 3.15. The van der Waals surface area contributed by atoms with Crippen molar-refractivity contribution in [3.8, 4) is 5.75 Å². The topological polar surface area (TPSA) is 136 Å². The molecule has 2 saturated heterocycles. The molecule has 2 fully saturated rings. The molecule has 0 aromatic heterocycles. The van der Waals surface area contributed by atoms with Crippen LogP contribution < -0.4 is 15.0 Å². The average Bonchev–Trinajstić information content (AvgIpc) is 3.85. The number of ether oxygens (including phenoxy) is 5. The number of esters is 1. The highest BCUT2D eigenvalue weighted by atomic mass is 35.5. The van der Waals surface area contributed by atoms with Crippen molar-refractivity contribution in [3.05, 3.63) is 46.5 Å². The SMILES string of the molecule is CCSSC(C)(C)CCC(=O)N(C)[C@@H](C)C(=O)O[C@H]1CC(=O)N(C)c2cc(cc(OC)c2Cl)C/C(C)=C/C=C/[C@@H](OC)[C@H]2C[C@H](OC(=O)N2)[C@@H](C)[C@@H]2O[C@@]12C. The number of rotatable bonds is 11. The lowest BCUT2D eigenvalue weighted by Crippen LogP contribution is -2.53. The van der Waals surface area contributed by atoms with E-state index in [0.717, 1.165) is 16.9 Å². The smallest absolute Gasteiger partial charge is 0.407 e. The zero-order chi connectivity index (χ0) is 40.8. The van der Waals surface area contributed by atoms with Gasteiger partial charge in [-0.25, -0.2) is 9.59 Å². The number of nitrogens with one attached hydrogen (secondary N) is 1. The molecule has 3 heterocycles. The van der Waals surface area contributed by atoms with Crippen molar-refractivity contribution in [2.45, 2.75) is 127 Å². The van der Waals surface area contributed by atoms with Crippen LogP contribution in [0.15, 0.2) is 35.9 Å². The van der Waals surface area contributed by atoms with E-state index in [9.17, 15) is 19.2 Å². The molecule has 3 amide bonds. The average molecular weight is 825 g/mol. The van der Waals surface area contributed by atoms with Crippen LogP contribution in [0, 0.1) is 5.92 Å². The number of fused-ring (bicyclic) bond motifs is 5. The summed E-state index contributed by atoms with van der Waals surface area (Å²) in [5.74, 6) is -0.202. The van der Waals surface area contributed by atoms with E-state index in [1.54, 1.807) is 56.6 Å². The molecule has 8 atom stereocenters. The highest BCUT2D eigenvalue weighted by molar-refractivity contribution is 8.77. The Morgan fingerprint density at radius 1 is 1.24 bits per heavy atom. The Balaban J connectivity index is 1.67. The van der Waals surface area contributed by atoms with E-state index < -0.39 is 48.1 Å². The van der Waals surface area contributed by atoms with E-state index in [1.165, 1.54) is 16.9 Å². The van der Waals surface area contributed by atoms with E-state index >= 15 is 0 Å². The summed E-state index contributed by atoms with van der Waals surface area (Å²) in [6.07, 6.45) is 4.22. The quantitative estimate of drug-likeness (QED) is 0.138. The van der Waals surface area contributed by atoms with E-state index in [1.807, 2.05) is 44.2 Å². The summed E-state index contributed by atoms with van der Waals surface area (Å²) in [7, 11) is 9.81. The van der Waals surface area contributed by atoms with Crippen LogP contribution in [0.4, 0.5) is 10.5 Å². The number of alkyl carbamates (subject to hydrolysis) is 1. The minimum Gasteiger partial charge on any atom is -0.495 e. The second-order valence-corrected chi connectivity index (χ2v) is 19.1. The van der Waals surface area contributed by atoms with Crippen molar-refractivity contribution < 1.29 is 42.9 Å². The Labute approximate surface area is 339 Å². The van der Waals surface area contributed by atoms with Crippen LogP contribution in [0.25, 0.3) is 0 Å². The molecule has 0 radical (unpaired) electrons. The summed E-state index contributed by atoms with van der Waals surface area (Å²) in [6.45, 7) is 13.6. The molecule has 0 aliphatic carbocycles. The van der Waals surface area contributed by atoms with Gasteiger partial charge in [-0.05, 0) is 65.2 Å². The lowest BCUT2D eigenvalue weighted by atomic mass is 9.84. The first-order valence-electron chi connectivity index (χ1n) is 18.8. The first-order valence-corrected chi connectivity index (χ1v) is 21.5. The van der Waals surface area contributed by atoms with Crippen LogP contribution in [0.3, 0.4) is 0 Å². The van der Waals surface area contributed by atoms with E-state index in [2.05, 4.69) is 26.1 Å². The minimum absolute atomic E-state index is 0.121. The molecular weight excluding hydrogens is 766 g/mol. The van der Waals surface area contributed by atoms with E-state index in [0.29, 0.717) is 30.7 Å². The molecule has 0 unspecified atom stereocenters. The summed E-state index contributed by atoms with van der Waals surface area (Å²) >= 11 is 6.80. The number of halogens is 1. The van der Waals surface area contributed by atoms with Crippen molar-refractivity contribution in [1.29, 1.82) is 0 Å². The molecule has 3 aliphatic rings. The number of carbonyl (C=O) groups is 4. The third kappa shape index (κ3) is 11.1. The second kappa shape index (κ2) is 19.0. The van der Waals surface area contributed by atoms with Gasteiger partial charge in [-0.3, -0.25) is 9.59 Å². The standard InChI is InChI=1S/C40H58ClN3O9S2/c1-12-54-55-39(5,6)17-16-33(45)43(8)25(4)37(47)52-32-22-34(46)44(9)28-19-26(20-31(50-11)35(28)41)18-23(2)14-13-15-29(49-10)27-21-30(51-38(48)42-27)24(3)36-40(32,7)53-36/h13-15,19-20,24-25,27,29-30,32,36H,12,16-18,21-22H2,1-11H3,(H,42,48)/b15-13+,23-14+/t24-,25+,27-,29-,30+,32+,36+,40+/m1/s1. The largest absolute Gasteiger partial charge is 0.495 e. The predicted molar refractivity (Wildman–Crippen MR) is 219 cm³/mol. The lowest BCUT2D eigenvalue weighted by molar-refractivity contribution is -0.162. The van der Waals surface area contributed by atoms with Gasteiger partial charge in [-0.1, -0.05) is 70.8 Å².